The molecule has 1 N–H and O–H groups in total. The van der Waals surface area contributed by atoms with Crippen LogP contribution in [0.3, 0.4) is 0 Å². The van der Waals surface area contributed by atoms with E-state index in [0.29, 0.717) is 12.5 Å². The van der Waals surface area contributed by atoms with Gasteiger partial charge in [0.1, 0.15) is 0 Å². The quantitative estimate of drug-likeness (QED) is 0.937. The Morgan fingerprint density at radius 3 is 2.43 bits per heavy atom. The van der Waals surface area contributed by atoms with Gasteiger partial charge in [-0.25, -0.2) is 4.68 Å². The van der Waals surface area contributed by atoms with Gasteiger partial charge in [-0.1, -0.05) is 44.2 Å². The van der Waals surface area contributed by atoms with Gasteiger partial charge in [0.05, 0.1) is 12.1 Å². The first-order valence-corrected chi connectivity index (χ1v) is 8.69. The zero-order valence-corrected chi connectivity index (χ0v) is 13.6. The van der Waals surface area contributed by atoms with Crippen molar-refractivity contribution in [3.63, 3.8) is 0 Å². The van der Waals surface area contributed by atoms with Gasteiger partial charge in [-0.3, -0.25) is 4.79 Å². The van der Waals surface area contributed by atoms with Gasteiger partial charge >= 0.3 is 0 Å². The molecule has 0 aliphatic heterocycles. The van der Waals surface area contributed by atoms with Crippen molar-refractivity contribution in [2.24, 2.45) is 0 Å². The number of carbonyl (C=O) groups is 1. The highest BCUT2D eigenvalue weighted by Crippen LogP contribution is 2.17. The van der Waals surface area contributed by atoms with Gasteiger partial charge in [0.15, 0.2) is 0 Å². The van der Waals surface area contributed by atoms with Crippen LogP contribution in [0, 0.1) is 0 Å². The van der Waals surface area contributed by atoms with Crippen molar-refractivity contribution in [1.29, 1.82) is 0 Å². The highest BCUT2D eigenvalue weighted by atomic mass is 16.1. The Bertz CT molecular complexity index is 596. The molecular weight excluding hydrogens is 286 g/mol. The zero-order chi connectivity index (χ0) is 15.9. The predicted molar refractivity (Wildman–Crippen MR) is 91.5 cm³/mol. The zero-order valence-electron chi connectivity index (χ0n) is 13.6. The third-order valence-corrected chi connectivity index (χ3v) is 4.54. The van der Waals surface area contributed by atoms with E-state index in [9.17, 15) is 4.79 Å². The van der Waals surface area contributed by atoms with E-state index in [0.717, 1.165) is 24.1 Å². The molecule has 0 bridgehead atoms. The summed E-state index contributed by atoms with van der Waals surface area (Å²) in [5, 5.41) is 7.43. The lowest BCUT2D eigenvalue weighted by molar-refractivity contribution is -0.121. The van der Waals surface area contributed by atoms with Gasteiger partial charge in [-0.2, -0.15) is 5.10 Å². The fourth-order valence-corrected chi connectivity index (χ4v) is 3.25. The Balaban J connectivity index is 1.53. The number of aromatic nitrogens is 2. The lowest BCUT2D eigenvalue weighted by atomic mass is 9.96. The Labute approximate surface area is 137 Å². The molecule has 23 heavy (non-hydrogen) atoms. The van der Waals surface area contributed by atoms with E-state index in [1.807, 2.05) is 41.2 Å². The number of amides is 1. The average Bonchev–Trinajstić information content (AvgIpc) is 3.05. The third kappa shape index (κ3) is 4.68. The van der Waals surface area contributed by atoms with Crippen LogP contribution in [0.2, 0.25) is 0 Å². The molecule has 1 aliphatic rings. The van der Waals surface area contributed by atoms with Crippen LogP contribution >= 0.6 is 0 Å². The van der Waals surface area contributed by atoms with E-state index in [4.69, 9.17) is 0 Å². The molecule has 1 aliphatic carbocycles. The standard InChI is InChI=1S/C19H25N3O/c23-19(21-17-7-4-2-1-3-5-8-17)15-16-9-11-18(12-10-16)22-14-6-13-20-22/h6,9-14,17H,1-5,7-8,15H2,(H,21,23). The molecule has 0 radical (unpaired) electrons. The summed E-state index contributed by atoms with van der Waals surface area (Å²) in [4.78, 5) is 12.3. The lowest BCUT2D eigenvalue weighted by Crippen LogP contribution is -2.36. The number of hydrogen-bond acceptors (Lipinski definition) is 2. The molecule has 1 aromatic carbocycles. The number of nitrogens with one attached hydrogen (secondary N) is 1. The first-order valence-electron chi connectivity index (χ1n) is 8.69. The van der Waals surface area contributed by atoms with Crippen molar-refractivity contribution in [3.8, 4) is 5.69 Å². The molecule has 1 aromatic heterocycles. The van der Waals surface area contributed by atoms with Gasteiger partial charge in [0.2, 0.25) is 5.91 Å². The predicted octanol–water partition coefficient (Wildman–Crippen LogP) is 3.64. The maximum Gasteiger partial charge on any atom is 0.224 e. The molecule has 122 valence electrons. The minimum atomic E-state index is 0.141. The van der Waals surface area contributed by atoms with Crippen LogP contribution in [-0.4, -0.2) is 21.7 Å². The van der Waals surface area contributed by atoms with Gasteiger partial charge in [0.25, 0.3) is 0 Å². The molecule has 0 spiro atoms. The number of nitrogens with zero attached hydrogens (tertiary/aromatic N) is 2. The van der Waals surface area contributed by atoms with Gasteiger partial charge in [0, 0.05) is 18.4 Å². The largest absolute Gasteiger partial charge is 0.353 e. The van der Waals surface area contributed by atoms with Crippen molar-refractivity contribution in [3.05, 3.63) is 48.3 Å². The van der Waals surface area contributed by atoms with Crippen LogP contribution in [0.25, 0.3) is 5.69 Å². The van der Waals surface area contributed by atoms with Crippen LogP contribution in [0.1, 0.15) is 50.5 Å². The summed E-state index contributed by atoms with van der Waals surface area (Å²) in [6.45, 7) is 0. The second-order valence-corrected chi connectivity index (χ2v) is 6.40. The first-order chi connectivity index (χ1) is 11.3. The molecule has 4 nitrogen and oxygen atoms in total. The van der Waals surface area contributed by atoms with Crippen LogP contribution in [0.15, 0.2) is 42.7 Å². The molecule has 0 saturated heterocycles. The minimum Gasteiger partial charge on any atom is -0.353 e. The van der Waals surface area contributed by atoms with E-state index >= 15 is 0 Å². The topological polar surface area (TPSA) is 46.9 Å². The fraction of sp³-hybridized carbons (Fsp3) is 0.474. The van der Waals surface area contributed by atoms with Gasteiger partial charge in [-0.15, -0.1) is 0 Å². The highest BCUT2D eigenvalue weighted by molar-refractivity contribution is 5.78. The van der Waals surface area contributed by atoms with Crippen LogP contribution in [0.4, 0.5) is 0 Å². The Hall–Kier alpha value is -2.10. The minimum absolute atomic E-state index is 0.141. The number of carbonyl (C=O) groups excluding carboxylic acids is 1. The van der Waals surface area contributed by atoms with Crippen molar-refractivity contribution >= 4 is 5.91 Å². The molecule has 1 amide bonds. The summed E-state index contributed by atoms with van der Waals surface area (Å²) in [5.74, 6) is 0.141. The van der Waals surface area contributed by atoms with Crippen molar-refractivity contribution < 1.29 is 4.79 Å². The number of benzene rings is 1. The van der Waals surface area contributed by atoms with Crippen molar-refractivity contribution in [2.45, 2.75) is 57.4 Å². The fourth-order valence-electron chi connectivity index (χ4n) is 3.25. The SMILES string of the molecule is O=C(Cc1ccc(-n2cccn2)cc1)NC1CCCCCCC1. The summed E-state index contributed by atoms with van der Waals surface area (Å²) < 4.78 is 1.82. The average molecular weight is 311 g/mol. The van der Waals surface area contributed by atoms with E-state index < -0.39 is 0 Å². The second kappa shape index (κ2) is 7.95. The van der Waals surface area contributed by atoms with E-state index in [1.54, 1.807) is 6.20 Å². The van der Waals surface area contributed by atoms with E-state index in [1.165, 1.54) is 32.1 Å². The molecule has 1 fully saturated rings. The summed E-state index contributed by atoms with van der Waals surface area (Å²) in [6.07, 6.45) is 12.8. The van der Waals surface area contributed by atoms with Gasteiger partial charge in [-0.05, 0) is 36.6 Å². The molecule has 1 heterocycles. The second-order valence-electron chi connectivity index (χ2n) is 6.40. The van der Waals surface area contributed by atoms with E-state index in [2.05, 4.69) is 10.4 Å². The maximum absolute atomic E-state index is 12.3. The molecule has 3 rings (SSSR count). The van der Waals surface area contributed by atoms with Crippen molar-refractivity contribution in [1.82, 2.24) is 15.1 Å². The summed E-state index contributed by atoms with van der Waals surface area (Å²) in [7, 11) is 0. The Kier molecular flexibility index (Phi) is 5.46. The Morgan fingerprint density at radius 2 is 1.78 bits per heavy atom. The van der Waals surface area contributed by atoms with Crippen LogP contribution in [0.5, 0.6) is 0 Å². The normalized spacial score (nSPS) is 16.5. The molecular formula is C19H25N3O. The van der Waals surface area contributed by atoms with Gasteiger partial charge < -0.3 is 5.32 Å². The first kappa shape index (κ1) is 15.8. The molecule has 2 aromatic rings. The van der Waals surface area contributed by atoms with Crippen LogP contribution in [-0.2, 0) is 11.2 Å². The number of rotatable bonds is 4. The smallest absolute Gasteiger partial charge is 0.224 e. The van der Waals surface area contributed by atoms with E-state index in [-0.39, 0.29) is 5.91 Å². The van der Waals surface area contributed by atoms with Crippen molar-refractivity contribution in [2.75, 3.05) is 0 Å². The third-order valence-electron chi connectivity index (χ3n) is 4.54. The summed E-state index contributed by atoms with van der Waals surface area (Å²) >= 11 is 0. The van der Waals surface area contributed by atoms with Crippen LogP contribution < -0.4 is 5.32 Å². The maximum atomic E-state index is 12.3. The molecule has 0 atom stereocenters. The monoisotopic (exact) mass is 311 g/mol. The lowest BCUT2D eigenvalue weighted by Gasteiger charge is -2.21. The molecule has 1 saturated carbocycles. The Morgan fingerprint density at radius 1 is 1.09 bits per heavy atom. The molecule has 0 unspecified atom stereocenters. The molecule has 4 heteroatoms. The number of hydrogen-bond donors (Lipinski definition) is 1. The summed E-state index contributed by atoms with van der Waals surface area (Å²) in [6, 6.07) is 10.3. The summed E-state index contributed by atoms with van der Waals surface area (Å²) in [5.41, 5.74) is 2.06. The highest BCUT2D eigenvalue weighted by Gasteiger charge is 2.14.